The van der Waals surface area contributed by atoms with Gasteiger partial charge in [-0.3, -0.25) is 4.68 Å². The van der Waals surface area contributed by atoms with E-state index in [9.17, 15) is 4.39 Å². The lowest BCUT2D eigenvalue weighted by Crippen LogP contribution is -2.37. The molecule has 1 aliphatic heterocycles. The van der Waals surface area contributed by atoms with Crippen LogP contribution in [0.5, 0.6) is 0 Å². The third-order valence-corrected chi connectivity index (χ3v) is 4.03. The maximum Gasteiger partial charge on any atom is 0.141 e. The minimum atomic E-state index is -0.477. The quantitative estimate of drug-likeness (QED) is 0.715. The highest BCUT2D eigenvalue weighted by atomic mass is 79.9. The average molecular weight is 386 g/mol. The molecule has 1 fully saturated rings. The number of allylic oxidation sites excluding steroid dienone is 5. The molecular weight excluding hydrogens is 361 g/mol. The van der Waals surface area contributed by atoms with Gasteiger partial charge in [0.05, 0.1) is 17.7 Å². The zero-order chi connectivity index (χ0) is 17.4. The Balaban J connectivity index is 0.00000127. The summed E-state index contributed by atoms with van der Waals surface area (Å²) in [6.45, 7) is 12.2. The van der Waals surface area contributed by atoms with Gasteiger partial charge in [0.2, 0.25) is 0 Å². The van der Waals surface area contributed by atoms with Crippen LogP contribution in [-0.2, 0) is 11.8 Å². The van der Waals surface area contributed by atoms with Crippen LogP contribution in [0.3, 0.4) is 0 Å². The fourth-order valence-electron chi connectivity index (χ4n) is 2.28. The number of ether oxygens (including phenoxy) is 1. The molecule has 1 aromatic rings. The normalized spacial score (nSPS) is 15.6. The lowest BCUT2D eigenvalue weighted by atomic mass is 10.1. The predicted octanol–water partition coefficient (Wildman–Crippen LogP) is 4.49. The first kappa shape index (κ1) is 19.6. The van der Waals surface area contributed by atoms with E-state index in [1.165, 1.54) is 6.08 Å². The Labute approximate surface area is 146 Å². The zero-order valence-corrected chi connectivity index (χ0v) is 15.9. The molecule has 0 spiro atoms. The van der Waals surface area contributed by atoms with Gasteiger partial charge in [0.25, 0.3) is 0 Å². The molecule has 2 rings (SSSR count). The van der Waals surface area contributed by atoms with Gasteiger partial charge in [-0.15, -0.1) is 0 Å². The topological polar surface area (TPSA) is 30.3 Å². The molecule has 128 valence electrons. The van der Waals surface area contributed by atoms with Crippen molar-refractivity contribution < 1.29 is 9.13 Å². The number of rotatable bonds is 4. The molecular formula is C17H25BrFN3O. The van der Waals surface area contributed by atoms with E-state index >= 15 is 0 Å². The minimum absolute atomic E-state index is 0.477. The molecule has 0 atom stereocenters. The van der Waals surface area contributed by atoms with Crippen LogP contribution in [0.2, 0.25) is 0 Å². The molecule has 0 N–H and O–H groups in total. The van der Waals surface area contributed by atoms with Gasteiger partial charge in [0.15, 0.2) is 0 Å². The molecule has 23 heavy (non-hydrogen) atoms. The molecule has 1 saturated heterocycles. The first-order valence-electron chi connectivity index (χ1n) is 7.79. The van der Waals surface area contributed by atoms with Crippen molar-refractivity contribution >= 4 is 27.3 Å². The third kappa shape index (κ3) is 5.04. The second kappa shape index (κ2) is 9.67. The van der Waals surface area contributed by atoms with Gasteiger partial charge in [-0.25, -0.2) is 4.39 Å². The number of aromatic nitrogens is 2. The summed E-state index contributed by atoms with van der Waals surface area (Å²) in [7, 11) is 1.91. The zero-order valence-electron chi connectivity index (χ0n) is 14.3. The Bertz CT molecular complexity index is 587. The lowest BCUT2D eigenvalue weighted by Gasteiger charge is -2.28. The van der Waals surface area contributed by atoms with Crippen LogP contribution in [0.1, 0.15) is 26.5 Å². The number of hydrogen-bond donors (Lipinski definition) is 0. The molecule has 1 aliphatic rings. The number of hydrogen-bond acceptors (Lipinski definition) is 3. The average Bonchev–Trinajstić information content (AvgIpc) is 2.85. The summed E-state index contributed by atoms with van der Waals surface area (Å²) >= 11 is 3.63. The highest BCUT2D eigenvalue weighted by molar-refractivity contribution is 9.10. The molecule has 0 aromatic carbocycles. The summed E-state index contributed by atoms with van der Waals surface area (Å²) in [4.78, 5) is 2.23. The number of nitrogens with zero attached hydrogens (tertiary/aromatic N) is 3. The number of halogens is 2. The Morgan fingerprint density at radius 1 is 1.30 bits per heavy atom. The van der Waals surface area contributed by atoms with E-state index in [-0.39, 0.29) is 0 Å². The second-order valence-corrected chi connectivity index (χ2v) is 5.53. The van der Waals surface area contributed by atoms with E-state index in [0.717, 1.165) is 34.6 Å². The van der Waals surface area contributed by atoms with Crippen LogP contribution in [0, 0.1) is 0 Å². The van der Waals surface area contributed by atoms with Crippen LogP contribution < -0.4 is 4.90 Å². The fraction of sp³-hybridized carbons (Fsp3) is 0.471. The maximum absolute atomic E-state index is 12.8. The summed E-state index contributed by atoms with van der Waals surface area (Å²) in [5.41, 5.74) is 1.63. The van der Waals surface area contributed by atoms with E-state index in [2.05, 4.69) is 32.5 Å². The monoisotopic (exact) mass is 385 g/mol. The summed E-state index contributed by atoms with van der Waals surface area (Å²) < 4.78 is 21.0. The van der Waals surface area contributed by atoms with Crippen LogP contribution in [0.4, 0.5) is 10.2 Å². The van der Waals surface area contributed by atoms with Crippen LogP contribution in [0.15, 0.2) is 35.1 Å². The largest absolute Gasteiger partial charge is 0.378 e. The van der Waals surface area contributed by atoms with Crippen molar-refractivity contribution in [3.63, 3.8) is 0 Å². The SMILES string of the molecule is C=C(F)/C=C\C(=C/C)c1nn(C)c(N2CCOCC2)c1Br.CC. The first-order valence-corrected chi connectivity index (χ1v) is 8.58. The smallest absolute Gasteiger partial charge is 0.141 e. The Kier molecular flexibility index (Phi) is 8.26. The molecule has 0 bridgehead atoms. The van der Waals surface area contributed by atoms with Crippen LogP contribution >= 0.6 is 15.9 Å². The second-order valence-electron chi connectivity index (χ2n) is 4.73. The Morgan fingerprint density at radius 3 is 2.43 bits per heavy atom. The number of morpholine rings is 1. The molecule has 0 saturated carbocycles. The van der Waals surface area contributed by atoms with Gasteiger partial charge >= 0.3 is 0 Å². The lowest BCUT2D eigenvalue weighted by molar-refractivity contribution is 0.122. The molecule has 0 unspecified atom stereocenters. The van der Waals surface area contributed by atoms with E-state index < -0.39 is 5.83 Å². The number of anilines is 1. The number of aryl methyl sites for hydroxylation is 1. The third-order valence-electron chi connectivity index (χ3n) is 3.30. The molecule has 0 radical (unpaired) electrons. The summed E-state index contributed by atoms with van der Waals surface area (Å²) in [5, 5.41) is 4.55. The van der Waals surface area contributed by atoms with Crippen molar-refractivity contribution in [1.82, 2.24) is 9.78 Å². The molecule has 0 amide bonds. The Morgan fingerprint density at radius 2 is 1.91 bits per heavy atom. The van der Waals surface area contributed by atoms with Gasteiger partial charge in [-0.05, 0) is 34.5 Å². The van der Waals surface area contributed by atoms with Crippen molar-refractivity contribution in [2.75, 3.05) is 31.2 Å². The van der Waals surface area contributed by atoms with Crippen molar-refractivity contribution in [3.05, 3.63) is 40.8 Å². The molecule has 0 aliphatic carbocycles. The van der Waals surface area contributed by atoms with Crippen LogP contribution in [-0.4, -0.2) is 36.1 Å². The van der Waals surface area contributed by atoms with Crippen molar-refractivity contribution in [2.24, 2.45) is 7.05 Å². The van der Waals surface area contributed by atoms with E-state index in [0.29, 0.717) is 13.2 Å². The van der Waals surface area contributed by atoms with E-state index in [1.54, 1.807) is 6.08 Å². The van der Waals surface area contributed by atoms with E-state index in [1.807, 2.05) is 38.6 Å². The van der Waals surface area contributed by atoms with Crippen molar-refractivity contribution in [2.45, 2.75) is 20.8 Å². The molecule has 6 heteroatoms. The highest BCUT2D eigenvalue weighted by Crippen LogP contribution is 2.34. The molecule has 2 heterocycles. The fourth-order valence-corrected chi connectivity index (χ4v) is 3.10. The summed E-state index contributed by atoms with van der Waals surface area (Å²) in [6, 6.07) is 0. The van der Waals surface area contributed by atoms with Gasteiger partial charge in [0.1, 0.15) is 17.3 Å². The summed E-state index contributed by atoms with van der Waals surface area (Å²) in [5.74, 6) is 0.537. The summed E-state index contributed by atoms with van der Waals surface area (Å²) in [6.07, 6.45) is 4.92. The van der Waals surface area contributed by atoms with Crippen molar-refractivity contribution in [1.29, 1.82) is 0 Å². The van der Waals surface area contributed by atoms with E-state index in [4.69, 9.17) is 4.74 Å². The Hall–Kier alpha value is -1.40. The van der Waals surface area contributed by atoms with Crippen molar-refractivity contribution in [3.8, 4) is 0 Å². The van der Waals surface area contributed by atoms with Gasteiger partial charge in [-0.2, -0.15) is 5.10 Å². The minimum Gasteiger partial charge on any atom is -0.378 e. The standard InChI is InChI=1S/C15H19BrFN3O.C2H6/c1-4-12(6-5-11(2)17)14-13(16)15(19(3)18-14)20-7-9-21-10-8-20;1-2/h4-6H,2,7-10H2,1,3H3;1-2H3/b6-5-,12-4+;. The van der Waals surface area contributed by atoms with Gasteiger partial charge < -0.3 is 9.64 Å². The van der Waals surface area contributed by atoms with Crippen LogP contribution in [0.25, 0.3) is 5.57 Å². The maximum atomic E-state index is 12.8. The van der Waals surface area contributed by atoms with Gasteiger partial charge in [0, 0.05) is 20.1 Å². The van der Waals surface area contributed by atoms with Gasteiger partial charge in [-0.1, -0.05) is 32.6 Å². The highest BCUT2D eigenvalue weighted by Gasteiger charge is 2.22. The predicted molar refractivity (Wildman–Crippen MR) is 98.3 cm³/mol. The molecule has 4 nitrogen and oxygen atoms in total. The first-order chi connectivity index (χ1) is 11.0. The molecule has 1 aromatic heterocycles.